The number of nitrogens with zero attached hydrogens (tertiary/aromatic N) is 1. The van der Waals surface area contributed by atoms with E-state index < -0.39 is 11.7 Å². The molecule has 0 radical (unpaired) electrons. The molecule has 1 heterocycles. The highest BCUT2D eigenvalue weighted by molar-refractivity contribution is 7.09. The molecule has 108 valence electrons. The van der Waals surface area contributed by atoms with Gasteiger partial charge in [-0.05, 0) is 29.1 Å². The molecule has 6 heteroatoms. The zero-order valence-corrected chi connectivity index (χ0v) is 11.8. The molecule has 2 N–H and O–H groups in total. The molecule has 0 saturated carbocycles. The predicted octanol–water partition coefficient (Wildman–Crippen LogP) is 3.86. The summed E-state index contributed by atoms with van der Waals surface area (Å²) in [6, 6.07) is 8.03. The fraction of sp³-hybridized carbons (Fsp3) is 0.286. The normalized spacial score (nSPS) is 11.7. The lowest BCUT2D eigenvalue weighted by Crippen LogP contribution is -2.21. The van der Waals surface area contributed by atoms with Crippen molar-refractivity contribution in [1.82, 2.24) is 0 Å². The Morgan fingerprint density at radius 2 is 2.00 bits per heavy atom. The number of alkyl halides is 3. The van der Waals surface area contributed by atoms with Gasteiger partial charge in [-0.1, -0.05) is 12.1 Å². The van der Waals surface area contributed by atoms with Gasteiger partial charge < -0.3 is 10.6 Å². The van der Waals surface area contributed by atoms with Gasteiger partial charge in [-0.2, -0.15) is 13.2 Å². The molecular formula is C14H15F3N2S. The standard InChI is InChI=1S/C14H15F3N2S/c1-19(9-11-3-2-6-20-11)13-5-4-10(8-18)7-12(13)14(15,16)17/h2-7H,8-9,18H2,1H3. The number of hydrogen-bond donors (Lipinski definition) is 1. The molecule has 2 nitrogen and oxygen atoms in total. The summed E-state index contributed by atoms with van der Waals surface area (Å²) >= 11 is 1.52. The average Bonchev–Trinajstić information content (AvgIpc) is 2.89. The Kier molecular flexibility index (Phi) is 4.35. The summed E-state index contributed by atoms with van der Waals surface area (Å²) in [5.41, 5.74) is 5.43. The van der Waals surface area contributed by atoms with Crippen molar-refractivity contribution in [1.29, 1.82) is 0 Å². The van der Waals surface area contributed by atoms with E-state index in [-0.39, 0.29) is 12.2 Å². The number of halogens is 3. The highest BCUT2D eigenvalue weighted by Gasteiger charge is 2.34. The number of nitrogens with two attached hydrogens (primary N) is 1. The highest BCUT2D eigenvalue weighted by atomic mass is 32.1. The summed E-state index contributed by atoms with van der Waals surface area (Å²) in [5.74, 6) is 0. The molecule has 0 saturated heterocycles. The minimum absolute atomic E-state index is 0.0952. The lowest BCUT2D eigenvalue weighted by atomic mass is 10.1. The second-order valence-corrected chi connectivity index (χ2v) is 5.52. The zero-order chi connectivity index (χ0) is 14.8. The van der Waals surface area contributed by atoms with E-state index in [9.17, 15) is 13.2 Å². The van der Waals surface area contributed by atoms with E-state index in [1.807, 2.05) is 17.5 Å². The van der Waals surface area contributed by atoms with Gasteiger partial charge in [0.2, 0.25) is 0 Å². The van der Waals surface area contributed by atoms with E-state index in [0.29, 0.717) is 12.1 Å². The number of rotatable bonds is 4. The van der Waals surface area contributed by atoms with Crippen LogP contribution in [-0.2, 0) is 19.3 Å². The second-order valence-electron chi connectivity index (χ2n) is 4.49. The van der Waals surface area contributed by atoms with E-state index in [4.69, 9.17) is 5.73 Å². The molecule has 2 aromatic rings. The minimum Gasteiger partial charge on any atom is -0.369 e. The molecular weight excluding hydrogens is 285 g/mol. The molecule has 1 aromatic carbocycles. The molecule has 0 aliphatic rings. The van der Waals surface area contributed by atoms with Crippen molar-refractivity contribution in [2.75, 3.05) is 11.9 Å². The van der Waals surface area contributed by atoms with Crippen LogP contribution < -0.4 is 10.6 Å². The molecule has 0 amide bonds. The zero-order valence-electron chi connectivity index (χ0n) is 10.9. The van der Waals surface area contributed by atoms with Crippen LogP contribution in [0.1, 0.15) is 16.0 Å². The van der Waals surface area contributed by atoms with Crippen molar-refractivity contribution in [3.8, 4) is 0 Å². The van der Waals surface area contributed by atoms with Gasteiger partial charge in [-0.25, -0.2) is 0 Å². The maximum Gasteiger partial charge on any atom is 0.418 e. The molecule has 0 aliphatic heterocycles. The van der Waals surface area contributed by atoms with Gasteiger partial charge in [0, 0.05) is 24.2 Å². The fourth-order valence-corrected chi connectivity index (χ4v) is 2.75. The summed E-state index contributed by atoms with van der Waals surface area (Å²) in [6.45, 7) is 0.542. The van der Waals surface area contributed by atoms with Crippen molar-refractivity contribution in [2.45, 2.75) is 19.3 Å². The minimum atomic E-state index is -4.38. The molecule has 1 aromatic heterocycles. The number of anilines is 1. The van der Waals surface area contributed by atoms with Crippen LogP contribution in [0.4, 0.5) is 18.9 Å². The van der Waals surface area contributed by atoms with Gasteiger partial charge in [0.25, 0.3) is 0 Å². The van der Waals surface area contributed by atoms with Crippen LogP contribution in [0.2, 0.25) is 0 Å². The Morgan fingerprint density at radius 1 is 1.25 bits per heavy atom. The second kappa shape index (κ2) is 5.85. The summed E-state index contributed by atoms with van der Waals surface area (Å²) in [4.78, 5) is 2.62. The van der Waals surface area contributed by atoms with Crippen LogP contribution in [0, 0.1) is 0 Å². The van der Waals surface area contributed by atoms with E-state index in [0.717, 1.165) is 10.9 Å². The highest BCUT2D eigenvalue weighted by Crippen LogP contribution is 2.37. The Balaban J connectivity index is 2.34. The molecule has 0 fully saturated rings. The van der Waals surface area contributed by atoms with Crippen molar-refractivity contribution >= 4 is 17.0 Å². The molecule has 2 rings (SSSR count). The van der Waals surface area contributed by atoms with Crippen LogP contribution in [0.3, 0.4) is 0 Å². The van der Waals surface area contributed by atoms with E-state index in [1.165, 1.54) is 17.4 Å². The summed E-state index contributed by atoms with van der Waals surface area (Å²) < 4.78 is 39.4. The first-order valence-electron chi connectivity index (χ1n) is 6.05. The van der Waals surface area contributed by atoms with Crippen LogP contribution in [0.15, 0.2) is 35.7 Å². The Morgan fingerprint density at radius 3 is 2.55 bits per heavy atom. The number of hydrogen-bond acceptors (Lipinski definition) is 3. The average molecular weight is 300 g/mol. The maximum atomic E-state index is 13.1. The van der Waals surface area contributed by atoms with Gasteiger partial charge in [0.1, 0.15) is 0 Å². The van der Waals surface area contributed by atoms with Crippen LogP contribution >= 0.6 is 11.3 Å². The molecule has 0 atom stereocenters. The van der Waals surface area contributed by atoms with Crippen LogP contribution in [0.25, 0.3) is 0 Å². The third-order valence-electron chi connectivity index (χ3n) is 2.99. The Hall–Kier alpha value is -1.53. The van der Waals surface area contributed by atoms with Gasteiger partial charge in [0.05, 0.1) is 12.1 Å². The molecule has 0 aliphatic carbocycles. The number of benzene rings is 1. The lowest BCUT2D eigenvalue weighted by molar-refractivity contribution is -0.137. The third kappa shape index (κ3) is 3.32. The van der Waals surface area contributed by atoms with Crippen molar-refractivity contribution in [2.24, 2.45) is 5.73 Å². The van der Waals surface area contributed by atoms with Crippen molar-refractivity contribution in [3.05, 3.63) is 51.7 Å². The van der Waals surface area contributed by atoms with Gasteiger partial charge in [0.15, 0.2) is 0 Å². The monoisotopic (exact) mass is 300 g/mol. The lowest BCUT2D eigenvalue weighted by Gasteiger charge is -2.23. The summed E-state index contributed by atoms with van der Waals surface area (Å²) in [5, 5.41) is 1.91. The quantitative estimate of drug-likeness (QED) is 0.929. The van der Waals surface area contributed by atoms with E-state index in [1.54, 1.807) is 18.0 Å². The first-order valence-corrected chi connectivity index (χ1v) is 6.93. The molecule has 20 heavy (non-hydrogen) atoms. The SMILES string of the molecule is CN(Cc1cccs1)c1ccc(CN)cc1C(F)(F)F. The predicted molar refractivity (Wildman–Crippen MR) is 75.8 cm³/mol. The fourth-order valence-electron chi connectivity index (χ4n) is 1.99. The first kappa shape index (κ1) is 14.9. The van der Waals surface area contributed by atoms with Crippen LogP contribution in [0.5, 0.6) is 0 Å². The largest absolute Gasteiger partial charge is 0.418 e. The maximum absolute atomic E-state index is 13.1. The smallest absolute Gasteiger partial charge is 0.369 e. The van der Waals surface area contributed by atoms with E-state index >= 15 is 0 Å². The third-order valence-corrected chi connectivity index (χ3v) is 3.85. The summed E-state index contributed by atoms with van der Waals surface area (Å²) in [6.07, 6.45) is -4.38. The van der Waals surface area contributed by atoms with Crippen molar-refractivity contribution in [3.63, 3.8) is 0 Å². The van der Waals surface area contributed by atoms with E-state index in [2.05, 4.69) is 0 Å². The Labute approximate surface area is 119 Å². The van der Waals surface area contributed by atoms with Gasteiger partial charge >= 0.3 is 6.18 Å². The van der Waals surface area contributed by atoms with Crippen LogP contribution in [-0.4, -0.2) is 7.05 Å². The molecule has 0 spiro atoms. The molecule has 0 bridgehead atoms. The topological polar surface area (TPSA) is 29.3 Å². The first-order chi connectivity index (χ1) is 9.41. The summed E-state index contributed by atoms with van der Waals surface area (Å²) in [7, 11) is 1.66. The van der Waals surface area contributed by atoms with Gasteiger partial charge in [-0.3, -0.25) is 0 Å². The number of thiophene rings is 1. The van der Waals surface area contributed by atoms with Gasteiger partial charge in [-0.15, -0.1) is 11.3 Å². The molecule has 0 unspecified atom stereocenters. The Bertz CT molecular complexity index is 564. The van der Waals surface area contributed by atoms with Crippen molar-refractivity contribution < 1.29 is 13.2 Å².